The molecule has 0 heterocycles. The highest BCUT2D eigenvalue weighted by molar-refractivity contribution is 5.97. The van der Waals surface area contributed by atoms with Gasteiger partial charge in [0, 0.05) is 18.2 Å². The van der Waals surface area contributed by atoms with E-state index in [0.717, 1.165) is 12.1 Å². The lowest BCUT2D eigenvalue weighted by Gasteiger charge is -2.27. The Balaban J connectivity index is 2.69. The van der Waals surface area contributed by atoms with Crippen molar-refractivity contribution in [2.75, 3.05) is 13.1 Å². The Morgan fingerprint density at radius 1 is 1.11 bits per heavy atom. The monoisotopic (exact) mass is 247 g/mol. The van der Waals surface area contributed by atoms with E-state index < -0.39 is 0 Å². The molecule has 0 N–H and O–H groups in total. The zero-order chi connectivity index (χ0) is 13.7. The van der Waals surface area contributed by atoms with Gasteiger partial charge in [0.1, 0.15) is 0 Å². The average molecular weight is 247 g/mol. The molecule has 1 aromatic carbocycles. The SMILES string of the molecule is Cc1ccc(C(=O)CN(CC(C)C)C(C)C)cc1. The third-order valence-corrected chi connectivity index (χ3v) is 3.05. The van der Waals surface area contributed by atoms with E-state index in [1.54, 1.807) is 0 Å². The highest BCUT2D eigenvalue weighted by Crippen LogP contribution is 2.09. The van der Waals surface area contributed by atoms with Crippen LogP contribution in [-0.2, 0) is 0 Å². The molecule has 0 radical (unpaired) electrons. The summed E-state index contributed by atoms with van der Waals surface area (Å²) < 4.78 is 0. The van der Waals surface area contributed by atoms with Crippen molar-refractivity contribution in [2.24, 2.45) is 5.92 Å². The maximum Gasteiger partial charge on any atom is 0.176 e. The molecule has 18 heavy (non-hydrogen) atoms. The number of carbonyl (C=O) groups excluding carboxylic acids is 1. The largest absolute Gasteiger partial charge is 0.293 e. The van der Waals surface area contributed by atoms with Gasteiger partial charge in [0.2, 0.25) is 0 Å². The Morgan fingerprint density at radius 2 is 1.67 bits per heavy atom. The number of aryl methyl sites for hydroxylation is 1. The van der Waals surface area contributed by atoms with Gasteiger partial charge in [0.25, 0.3) is 0 Å². The third kappa shape index (κ3) is 4.61. The lowest BCUT2D eigenvalue weighted by molar-refractivity contribution is 0.0893. The first-order chi connectivity index (χ1) is 8.40. The minimum absolute atomic E-state index is 0.212. The van der Waals surface area contributed by atoms with Crippen molar-refractivity contribution in [3.05, 3.63) is 35.4 Å². The molecule has 0 aromatic heterocycles. The van der Waals surface area contributed by atoms with Crippen molar-refractivity contribution in [3.63, 3.8) is 0 Å². The van der Waals surface area contributed by atoms with Gasteiger partial charge in [-0.3, -0.25) is 9.69 Å². The van der Waals surface area contributed by atoms with Gasteiger partial charge in [0.05, 0.1) is 6.54 Å². The van der Waals surface area contributed by atoms with Crippen LogP contribution in [0.15, 0.2) is 24.3 Å². The number of benzene rings is 1. The van der Waals surface area contributed by atoms with E-state index in [9.17, 15) is 4.79 Å². The molecule has 0 saturated heterocycles. The highest BCUT2D eigenvalue weighted by Gasteiger charge is 2.16. The van der Waals surface area contributed by atoms with Gasteiger partial charge in [-0.1, -0.05) is 43.7 Å². The number of carbonyl (C=O) groups is 1. The summed E-state index contributed by atoms with van der Waals surface area (Å²) in [6.45, 7) is 12.2. The lowest BCUT2D eigenvalue weighted by Crippen LogP contribution is -2.38. The first-order valence-electron chi connectivity index (χ1n) is 6.74. The molecule has 0 spiro atoms. The van der Waals surface area contributed by atoms with Crippen LogP contribution in [0.25, 0.3) is 0 Å². The predicted octanol–water partition coefficient (Wildman–Crippen LogP) is 3.54. The summed E-state index contributed by atoms with van der Waals surface area (Å²) in [7, 11) is 0. The number of hydrogen-bond donors (Lipinski definition) is 0. The number of hydrogen-bond acceptors (Lipinski definition) is 2. The number of nitrogens with zero attached hydrogens (tertiary/aromatic N) is 1. The molecule has 0 fully saturated rings. The van der Waals surface area contributed by atoms with E-state index in [2.05, 4.69) is 32.6 Å². The van der Waals surface area contributed by atoms with Crippen LogP contribution in [-0.4, -0.2) is 29.8 Å². The average Bonchev–Trinajstić information content (AvgIpc) is 2.28. The van der Waals surface area contributed by atoms with Crippen molar-refractivity contribution in [2.45, 2.75) is 40.7 Å². The van der Waals surface area contributed by atoms with E-state index in [1.165, 1.54) is 5.56 Å². The minimum Gasteiger partial charge on any atom is -0.293 e. The molecule has 1 aromatic rings. The molecule has 2 nitrogen and oxygen atoms in total. The summed E-state index contributed by atoms with van der Waals surface area (Å²) in [6.07, 6.45) is 0. The van der Waals surface area contributed by atoms with Crippen molar-refractivity contribution in [3.8, 4) is 0 Å². The van der Waals surface area contributed by atoms with Crippen molar-refractivity contribution >= 4 is 5.78 Å². The second-order valence-electron chi connectivity index (χ2n) is 5.71. The van der Waals surface area contributed by atoms with Crippen molar-refractivity contribution in [1.29, 1.82) is 0 Å². The third-order valence-electron chi connectivity index (χ3n) is 3.05. The van der Waals surface area contributed by atoms with Gasteiger partial charge >= 0.3 is 0 Å². The van der Waals surface area contributed by atoms with E-state index in [-0.39, 0.29) is 5.78 Å². The zero-order valence-electron chi connectivity index (χ0n) is 12.2. The molecule has 2 heteroatoms. The summed E-state index contributed by atoms with van der Waals surface area (Å²) in [5.74, 6) is 0.794. The molecule has 0 aliphatic carbocycles. The van der Waals surface area contributed by atoms with Crippen molar-refractivity contribution in [1.82, 2.24) is 4.90 Å². The maximum absolute atomic E-state index is 12.2. The van der Waals surface area contributed by atoms with Gasteiger partial charge in [-0.2, -0.15) is 0 Å². The van der Waals surface area contributed by atoms with Gasteiger partial charge in [-0.25, -0.2) is 0 Å². The van der Waals surface area contributed by atoms with Crippen LogP contribution < -0.4 is 0 Å². The summed E-state index contributed by atoms with van der Waals surface area (Å²) >= 11 is 0. The summed E-state index contributed by atoms with van der Waals surface area (Å²) in [4.78, 5) is 14.5. The Bertz CT molecular complexity index is 379. The fourth-order valence-corrected chi connectivity index (χ4v) is 1.94. The molecule has 0 aliphatic rings. The van der Waals surface area contributed by atoms with Crippen LogP contribution in [0.4, 0.5) is 0 Å². The topological polar surface area (TPSA) is 20.3 Å². The first kappa shape index (κ1) is 14.9. The number of rotatable bonds is 6. The highest BCUT2D eigenvalue weighted by atomic mass is 16.1. The normalized spacial score (nSPS) is 11.6. The number of ketones is 1. The fraction of sp³-hybridized carbons (Fsp3) is 0.562. The quantitative estimate of drug-likeness (QED) is 0.717. The molecular formula is C16H25NO. The van der Waals surface area contributed by atoms with E-state index >= 15 is 0 Å². The van der Waals surface area contributed by atoms with E-state index in [1.807, 2.05) is 31.2 Å². The molecule has 0 bridgehead atoms. The summed E-state index contributed by atoms with van der Waals surface area (Å²) in [6, 6.07) is 8.24. The molecule has 0 atom stereocenters. The molecule has 0 aliphatic heterocycles. The summed E-state index contributed by atoms with van der Waals surface area (Å²) in [5, 5.41) is 0. The standard InChI is InChI=1S/C16H25NO/c1-12(2)10-17(13(3)4)11-16(18)15-8-6-14(5)7-9-15/h6-9,12-13H,10-11H2,1-5H3. The van der Waals surface area contributed by atoms with E-state index in [0.29, 0.717) is 18.5 Å². The lowest BCUT2D eigenvalue weighted by atomic mass is 10.1. The van der Waals surface area contributed by atoms with Gasteiger partial charge < -0.3 is 0 Å². The second kappa shape index (κ2) is 6.69. The molecule has 1 rings (SSSR count). The van der Waals surface area contributed by atoms with Crippen LogP contribution in [0.1, 0.15) is 43.6 Å². The van der Waals surface area contributed by atoms with Crippen LogP contribution in [0.3, 0.4) is 0 Å². The Morgan fingerprint density at radius 3 is 2.11 bits per heavy atom. The molecule has 0 saturated carbocycles. The van der Waals surface area contributed by atoms with Crippen molar-refractivity contribution < 1.29 is 4.79 Å². The molecule has 100 valence electrons. The van der Waals surface area contributed by atoms with Crippen LogP contribution in [0.5, 0.6) is 0 Å². The molecule has 0 amide bonds. The number of Topliss-reactive ketones (excluding diaryl/α,β-unsaturated/α-hetero) is 1. The maximum atomic E-state index is 12.2. The van der Waals surface area contributed by atoms with Gasteiger partial charge in [0.15, 0.2) is 5.78 Å². The molecule has 0 unspecified atom stereocenters. The molecular weight excluding hydrogens is 222 g/mol. The van der Waals surface area contributed by atoms with Gasteiger partial charge in [-0.15, -0.1) is 0 Å². The Kier molecular flexibility index (Phi) is 5.54. The zero-order valence-corrected chi connectivity index (χ0v) is 12.2. The second-order valence-corrected chi connectivity index (χ2v) is 5.71. The van der Waals surface area contributed by atoms with Crippen LogP contribution >= 0.6 is 0 Å². The smallest absolute Gasteiger partial charge is 0.176 e. The Hall–Kier alpha value is -1.15. The van der Waals surface area contributed by atoms with Gasteiger partial charge in [-0.05, 0) is 26.7 Å². The predicted molar refractivity (Wildman–Crippen MR) is 77.1 cm³/mol. The fourth-order valence-electron chi connectivity index (χ4n) is 1.94. The van der Waals surface area contributed by atoms with Crippen LogP contribution in [0.2, 0.25) is 0 Å². The first-order valence-corrected chi connectivity index (χ1v) is 6.74. The van der Waals surface area contributed by atoms with E-state index in [4.69, 9.17) is 0 Å². The van der Waals surface area contributed by atoms with Crippen LogP contribution in [0, 0.1) is 12.8 Å². The Labute approximate surface area is 111 Å². The summed E-state index contributed by atoms with van der Waals surface area (Å²) in [5.41, 5.74) is 2.00. The minimum atomic E-state index is 0.212.